The molecule has 0 N–H and O–H groups in total. The van der Waals surface area contributed by atoms with E-state index in [4.69, 9.17) is 11.6 Å². The summed E-state index contributed by atoms with van der Waals surface area (Å²) in [5, 5.41) is 0.807. The molecule has 3 aromatic heterocycles. The van der Waals surface area contributed by atoms with E-state index in [1.807, 2.05) is 6.07 Å². The van der Waals surface area contributed by atoms with Crippen molar-refractivity contribution in [3.05, 3.63) is 64.8 Å². The SMILES string of the molecule is O=C(c1cc2cnccc2nc1C(F)(F)F)N1CCCN(Cc2ccc(Cl)nc2)CC1. The van der Waals surface area contributed by atoms with Gasteiger partial charge >= 0.3 is 6.18 Å². The number of rotatable bonds is 3. The van der Waals surface area contributed by atoms with E-state index in [0.717, 1.165) is 12.1 Å². The van der Waals surface area contributed by atoms with Gasteiger partial charge in [0.25, 0.3) is 5.91 Å². The number of aromatic nitrogens is 3. The molecule has 1 fully saturated rings. The summed E-state index contributed by atoms with van der Waals surface area (Å²) in [6.07, 6.45) is 0.388. The molecule has 0 saturated carbocycles. The van der Waals surface area contributed by atoms with Crippen LogP contribution in [0.15, 0.2) is 42.9 Å². The smallest absolute Gasteiger partial charge is 0.337 e. The zero-order valence-corrected chi connectivity index (χ0v) is 17.2. The Morgan fingerprint density at radius 1 is 1.10 bits per heavy atom. The Bertz CT molecular complexity index is 1090. The van der Waals surface area contributed by atoms with E-state index < -0.39 is 23.3 Å². The first kappa shape index (κ1) is 21.5. The van der Waals surface area contributed by atoms with Gasteiger partial charge in [-0.15, -0.1) is 0 Å². The maximum Gasteiger partial charge on any atom is 0.434 e. The molecule has 0 bridgehead atoms. The normalized spacial score (nSPS) is 15.8. The monoisotopic (exact) mass is 449 g/mol. The number of fused-ring (bicyclic) bond motifs is 1. The molecule has 4 heterocycles. The number of hydrogen-bond acceptors (Lipinski definition) is 5. The molecule has 1 amide bonds. The van der Waals surface area contributed by atoms with E-state index in [9.17, 15) is 18.0 Å². The number of amides is 1. The maximum absolute atomic E-state index is 13.6. The lowest BCUT2D eigenvalue weighted by molar-refractivity contribution is -0.141. The minimum atomic E-state index is -4.73. The van der Waals surface area contributed by atoms with Crippen molar-refractivity contribution < 1.29 is 18.0 Å². The van der Waals surface area contributed by atoms with Crippen LogP contribution in [0.2, 0.25) is 5.15 Å². The van der Waals surface area contributed by atoms with Crippen LogP contribution in [0.5, 0.6) is 0 Å². The highest BCUT2D eigenvalue weighted by Crippen LogP contribution is 2.33. The Hall–Kier alpha value is -2.78. The molecular formula is C21H19ClF3N5O. The molecule has 10 heteroatoms. The lowest BCUT2D eigenvalue weighted by Crippen LogP contribution is -2.36. The summed E-state index contributed by atoms with van der Waals surface area (Å²) in [6, 6.07) is 6.23. The van der Waals surface area contributed by atoms with Crippen molar-refractivity contribution in [2.45, 2.75) is 19.1 Å². The molecule has 162 valence electrons. The molecule has 1 aliphatic rings. The number of carbonyl (C=O) groups excluding carboxylic acids is 1. The Balaban J connectivity index is 1.54. The van der Waals surface area contributed by atoms with Gasteiger partial charge in [-0.2, -0.15) is 13.2 Å². The van der Waals surface area contributed by atoms with Crippen LogP contribution in [0.3, 0.4) is 0 Å². The molecular weight excluding hydrogens is 431 g/mol. The molecule has 4 rings (SSSR count). The standard InChI is InChI=1S/C21H19ClF3N5O/c22-18-3-2-14(11-27-18)13-29-6-1-7-30(9-8-29)20(31)16-10-15-12-26-5-4-17(15)28-19(16)21(23,24)25/h2-5,10-12H,1,6-9,13H2. The minimum Gasteiger partial charge on any atom is -0.337 e. The van der Waals surface area contributed by atoms with Crippen molar-refractivity contribution in [2.75, 3.05) is 26.2 Å². The van der Waals surface area contributed by atoms with Crippen LogP contribution in [0.4, 0.5) is 13.2 Å². The third-order valence-electron chi connectivity index (χ3n) is 5.18. The molecule has 6 nitrogen and oxygen atoms in total. The molecule has 0 aliphatic carbocycles. The number of halogens is 4. The van der Waals surface area contributed by atoms with E-state index in [1.54, 1.807) is 12.3 Å². The van der Waals surface area contributed by atoms with Crippen LogP contribution in [-0.4, -0.2) is 56.8 Å². The summed E-state index contributed by atoms with van der Waals surface area (Å²) < 4.78 is 40.9. The van der Waals surface area contributed by atoms with E-state index in [2.05, 4.69) is 19.9 Å². The number of carbonyl (C=O) groups is 1. The topological polar surface area (TPSA) is 62.2 Å². The highest BCUT2D eigenvalue weighted by molar-refractivity contribution is 6.29. The molecule has 0 radical (unpaired) electrons. The first-order valence-corrected chi connectivity index (χ1v) is 10.1. The Morgan fingerprint density at radius 2 is 1.94 bits per heavy atom. The average molecular weight is 450 g/mol. The quantitative estimate of drug-likeness (QED) is 0.565. The third-order valence-corrected chi connectivity index (χ3v) is 5.41. The van der Waals surface area contributed by atoms with Gasteiger partial charge in [-0.1, -0.05) is 17.7 Å². The van der Waals surface area contributed by atoms with Gasteiger partial charge in [0, 0.05) is 56.7 Å². The van der Waals surface area contributed by atoms with E-state index in [0.29, 0.717) is 43.1 Å². The lowest BCUT2D eigenvalue weighted by atomic mass is 10.1. The Kier molecular flexibility index (Phi) is 6.06. The first-order valence-electron chi connectivity index (χ1n) is 9.75. The summed E-state index contributed by atoms with van der Waals surface area (Å²) in [5.41, 5.74) is -0.472. The fourth-order valence-corrected chi connectivity index (χ4v) is 3.77. The number of pyridine rings is 3. The van der Waals surface area contributed by atoms with Gasteiger partial charge in [-0.05, 0) is 30.2 Å². The van der Waals surface area contributed by atoms with Crippen molar-refractivity contribution in [3.63, 3.8) is 0 Å². The predicted octanol–water partition coefficient (Wildman–Crippen LogP) is 4.05. The van der Waals surface area contributed by atoms with Crippen molar-refractivity contribution in [2.24, 2.45) is 0 Å². The van der Waals surface area contributed by atoms with Crippen LogP contribution < -0.4 is 0 Å². The van der Waals surface area contributed by atoms with Crippen LogP contribution in [0.25, 0.3) is 10.9 Å². The highest BCUT2D eigenvalue weighted by atomic mass is 35.5. The summed E-state index contributed by atoms with van der Waals surface area (Å²) >= 11 is 5.82. The predicted molar refractivity (Wildman–Crippen MR) is 110 cm³/mol. The lowest BCUT2D eigenvalue weighted by Gasteiger charge is -2.23. The number of alkyl halides is 3. The summed E-state index contributed by atoms with van der Waals surface area (Å²) in [4.78, 5) is 28.4. The van der Waals surface area contributed by atoms with Crippen molar-refractivity contribution in [3.8, 4) is 0 Å². The van der Waals surface area contributed by atoms with Crippen molar-refractivity contribution >= 4 is 28.4 Å². The van der Waals surface area contributed by atoms with Gasteiger partial charge in [0.15, 0.2) is 5.69 Å². The summed E-state index contributed by atoms with van der Waals surface area (Å²) in [6.45, 7) is 2.58. The maximum atomic E-state index is 13.6. The van der Waals surface area contributed by atoms with Gasteiger partial charge in [0.1, 0.15) is 5.15 Å². The fourth-order valence-electron chi connectivity index (χ4n) is 3.66. The average Bonchev–Trinajstić information content (AvgIpc) is 2.99. The van der Waals surface area contributed by atoms with Crippen LogP contribution in [-0.2, 0) is 12.7 Å². The highest BCUT2D eigenvalue weighted by Gasteiger charge is 2.38. The summed E-state index contributed by atoms with van der Waals surface area (Å²) in [7, 11) is 0. The largest absolute Gasteiger partial charge is 0.434 e. The van der Waals surface area contributed by atoms with E-state index in [-0.39, 0.29) is 5.52 Å². The van der Waals surface area contributed by atoms with Crippen molar-refractivity contribution in [1.29, 1.82) is 0 Å². The molecule has 0 spiro atoms. The molecule has 0 atom stereocenters. The van der Waals surface area contributed by atoms with Crippen molar-refractivity contribution in [1.82, 2.24) is 24.8 Å². The Labute approximate surface area is 181 Å². The van der Waals surface area contributed by atoms with Crippen LogP contribution in [0.1, 0.15) is 28.0 Å². The zero-order valence-electron chi connectivity index (χ0n) is 16.4. The first-order chi connectivity index (χ1) is 14.8. The molecule has 3 aromatic rings. The van der Waals surface area contributed by atoms with Crippen LogP contribution in [0, 0.1) is 0 Å². The van der Waals surface area contributed by atoms with Crippen LogP contribution >= 0.6 is 11.6 Å². The second-order valence-corrected chi connectivity index (χ2v) is 7.75. The van der Waals surface area contributed by atoms with Gasteiger partial charge in [-0.25, -0.2) is 9.97 Å². The van der Waals surface area contributed by atoms with Gasteiger partial charge in [0.05, 0.1) is 11.1 Å². The number of nitrogens with zero attached hydrogens (tertiary/aromatic N) is 5. The number of hydrogen-bond donors (Lipinski definition) is 0. The summed E-state index contributed by atoms with van der Waals surface area (Å²) in [5.74, 6) is -0.666. The van der Waals surface area contributed by atoms with E-state index in [1.165, 1.54) is 29.4 Å². The molecule has 0 aromatic carbocycles. The van der Waals surface area contributed by atoms with Gasteiger partial charge < -0.3 is 4.90 Å². The van der Waals surface area contributed by atoms with Gasteiger partial charge in [-0.3, -0.25) is 14.7 Å². The molecule has 1 saturated heterocycles. The molecule has 31 heavy (non-hydrogen) atoms. The molecule has 1 aliphatic heterocycles. The Morgan fingerprint density at radius 3 is 2.68 bits per heavy atom. The zero-order chi connectivity index (χ0) is 22.0. The van der Waals surface area contributed by atoms with E-state index >= 15 is 0 Å². The molecule has 0 unspecified atom stereocenters. The van der Waals surface area contributed by atoms with Gasteiger partial charge in [0.2, 0.25) is 0 Å². The minimum absolute atomic E-state index is 0.150. The second kappa shape index (κ2) is 8.76. The fraction of sp³-hybridized carbons (Fsp3) is 0.333. The second-order valence-electron chi connectivity index (χ2n) is 7.36. The third kappa shape index (κ3) is 4.94.